The number of hydrogen-bond acceptors (Lipinski definition) is 4. The average molecular weight is 418 g/mol. The number of nitrogens with zero attached hydrogens (tertiary/aromatic N) is 5. The van der Waals surface area contributed by atoms with Crippen molar-refractivity contribution in [3.63, 3.8) is 0 Å². The van der Waals surface area contributed by atoms with Gasteiger partial charge in [0.1, 0.15) is 12.4 Å². The van der Waals surface area contributed by atoms with Gasteiger partial charge in [-0.25, -0.2) is 4.99 Å². The Morgan fingerprint density at radius 2 is 2.10 bits per heavy atom. The molecule has 2 aromatic rings. The molecule has 0 bridgehead atoms. The standard InChI is InChI=1S/C21H32ClN7/c1-5-23-21(25-14-19-27-26-15(2)29(19)4)24-13-17-9-7-11-28(3)20(17)16-8-6-10-18(22)12-16/h6,8,10,12,17,20H,5,7,9,11,13-14H2,1-4H3,(H2,23,24,25). The van der Waals surface area contributed by atoms with E-state index in [9.17, 15) is 0 Å². The van der Waals surface area contributed by atoms with Gasteiger partial charge in [0.05, 0.1) is 0 Å². The fraction of sp³-hybridized carbons (Fsp3) is 0.571. The molecule has 1 aromatic heterocycles. The van der Waals surface area contributed by atoms with Gasteiger partial charge in [0.25, 0.3) is 0 Å². The summed E-state index contributed by atoms with van der Waals surface area (Å²) in [5.74, 6) is 3.04. The molecule has 0 aliphatic carbocycles. The number of aliphatic imine (C=N–C) groups is 1. The van der Waals surface area contributed by atoms with Crippen LogP contribution in [-0.4, -0.2) is 52.3 Å². The first kappa shape index (κ1) is 21.6. The van der Waals surface area contributed by atoms with Gasteiger partial charge in [0.15, 0.2) is 11.8 Å². The van der Waals surface area contributed by atoms with E-state index in [-0.39, 0.29) is 0 Å². The number of aromatic nitrogens is 3. The smallest absolute Gasteiger partial charge is 0.191 e. The monoisotopic (exact) mass is 417 g/mol. The number of nitrogens with one attached hydrogen (secondary N) is 2. The molecule has 1 fully saturated rings. The summed E-state index contributed by atoms with van der Waals surface area (Å²) >= 11 is 6.27. The molecule has 1 aliphatic rings. The van der Waals surface area contributed by atoms with E-state index in [2.05, 4.69) is 51.8 Å². The summed E-state index contributed by atoms with van der Waals surface area (Å²) in [6.07, 6.45) is 2.38. The lowest BCUT2D eigenvalue weighted by atomic mass is 9.85. The molecule has 2 unspecified atom stereocenters. The molecule has 3 rings (SSSR count). The third-order valence-corrected chi connectivity index (χ3v) is 5.87. The van der Waals surface area contributed by atoms with Gasteiger partial charge in [-0.1, -0.05) is 23.7 Å². The molecule has 0 spiro atoms. The molecule has 0 radical (unpaired) electrons. The molecule has 0 amide bonds. The average Bonchev–Trinajstić information content (AvgIpc) is 3.02. The Hall–Kier alpha value is -2.12. The number of rotatable bonds is 6. The van der Waals surface area contributed by atoms with Crippen LogP contribution in [0.3, 0.4) is 0 Å². The predicted molar refractivity (Wildman–Crippen MR) is 118 cm³/mol. The Morgan fingerprint density at radius 1 is 1.28 bits per heavy atom. The lowest BCUT2D eigenvalue weighted by Crippen LogP contribution is -2.45. The van der Waals surface area contributed by atoms with Crippen LogP contribution in [0, 0.1) is 12.8 Å². The number of likely N-dealkylation sites (tertiary alicyclic amines) is 1. The quantitative estimate of drug-likeness (QED) is 0.558. The van der Waals surface area contributed by atoms with Crippen molar-refractivity contribution in [1.82, 2.24) is 30.3 Å². The highest BCUT2D eigenvalue weighted by molar-refractivity contribution is 6.30. The minimum absolute atomic E-state index is 0.346. The normalized spacial score (nSPS) is 20.7. The summed E-state index contributed by atoms with van der Waals surface area (Å²) in [4.78, 5) is 7.15. The van der Waals surface area contributed by atoms with Crippen molar-refractivity contribution < 1.29 is 0 Å². The van der Waals surface area contributed by atoms with Crippen molar-refractivity contribution in [3.05, 3.63) is 46.5 Å². The van der Waals surface area contributed by atoms with Crippen LogP contribution < -0.4 is 10.6 Å². The van der Waals surface area contributed by atoms with Gasteiger partial charge in [-0.05, 0) is 63.9 Å². The van der Waals surface area contributed by atoms with E-state index in [0.717, 1.165) is 42.3 Å². The molecule has 1 aromatic carbocycles. The van der Waals surface area contributed by atoms with Crippen LogP contribution >= 0.6 is 11.6 Å². The first-order valence-corrected chi connectivity index (χ1v) is 10.7. The molecule has 8 heteroatoms. The Morgan fingerprint density at radius 3 is 2.79 bits per heavy atom. The molecule has 158 valence electrons. The number of piperidine rings is 1. The highest BCUT2D eigenvalue weighted by Crippen LogP contribution is 2.35. The van der Waals surface area contributed by atoms with Crippen LogP contribution in [0.5, 0.6) is 0 Å². The first-order valence-electron chi connectivity index (χ1n) is 10.3. The van der Waals surface area contributed by atoms with Gasteiger partial charge in [0, 0.05) is 31.2 Å². The summed E-state index contributed by atoms with van der Waals surface area (Å²) in [5, 5.41) is 16.0. The highest BCUT2D eigenvalue weighted by Gasteiger charge is 2.30. The maximum atomic E-state index is 6.27. The van der Waals surface area contributed by atoms with Crippen LogP contribution in [0.15, 0.2) is 29.3 Å². The molecule has 1 saturated heterocycles. The largest absolute Gasteiger partial charge is 0.357 e. The topological polar surface area (TPSA) is 70.4 Å². The second-order valence-corrected chi connectivity index (χ2v) is 8.12. The fourth-order valence-corrected chi connectivity index (χ4v) is 4.20. The van der Waals surface area contributed by atoms with Gasteiger partial charge in [-0.2, -0.15) is 0 Å². The summed E-state index contributed by atoms with van der Waals surface area (Å²) < 4.78 is 1.97. The summed E-state index contributed by atoms with van der Waals surface area (Å²) in [6.45, 7) is 7.28. The number of halogens is 1. The van der Waals surface area contributed by atoms with E-state index >= 15 is 0 Å². The maximum absolute atomic E-state index is 6.27. The Bertz CT molecular complexity index is 832. The highest BCUT2D eigenvalue weighted by atomic mass is 35.5. The van der Waals surface area contributed by atoms with E-state index in [0.29, 0.717) is 18.5 Å². The number of guanidine groups is 1. The van der Waals surface area contributed by atoms with Crippen molar-refractivity contribution in [2.75, 3.05) is 26.7 Å². The van der Waals surface area contributed by atoms with Crippen molar-refractivity contribution in [2.24, 2.45) is 18.0 Å². The van der Waals surface area contributed by atoms with Crippen LogP contribution in [-0.2, 0) is 13.6 Å². The molecule has 1 aliphatic heterocycles. The second kappa shape index (κ2) is 10.1. The van der Waals surface area contributed by atoms with Crippen LogP contribution in [0.25, 0.3) is 0 Å². The molecule has 0 saturated carbocycles. The van der Waals surface area contributed by atoms with E-state index in [1.807, 2.05) is 30.7 Å². The van der Waals surface area contributed by atoms with E-state index in [1.165, 1.54) is 18.4 Å². The summed E-state index contributed by atoms with van der Waals surface area (Å²) in [5.41, 5.74) is 1.28. The number of benzene rings is 1. The Labute approximate surface area is 178 Å². The van der Waals surface area contributed by atoms with Crippen LogP contribution in [0.1, 0.15) is 43.0 Å². The van der Waals surface area contributed by atoms with E-state index in [1.54, 1.807) is 0 Å². The SMILES string of the molecule is CCNC(=NCc1nnc(C)n1C)NCC1CCCN(C)C1c1cccc(Cl)c1. The lowest BCUT2D eigenvalue weighted by molar-refractivity contribution is 0.122. The number of aryl methyl sites for hydroxylation is 1. The van der Waals surface area contributed by atoms with Gasteiger partial charge < -0.3 is 15.2 Å². The third kappa shape index (κ3) is 5.48. The minimum Gasteiger partial charge on any atom is -0.357 e. The molecule has 7 nitrogen and oxygen atoms in total. The summed E-state index contributed by atoms with van der Waals surface area (Å²) in [7, 11) is 4.17. The molecule has 2 N–H and O–H groups in total. The van der Waals surface area contributed by atoms with Gasteiger partial charge in [-0.15, -0.1) is 10.2 Å². The van der Waals surface area contributed by atoms with Crippen LogP contribution in [0.2, 0.25) is 5.02 Å². The fourth-order valence-electron chi connectivity index (χ4n) is 4.00. The van der Waals surface area contributed by atoms with Gasteiger partial charge >= 0.3 is 0 Å². The van der Waals surface area contributed by atoms with Crippen molar-refractivity contribution >= 4 is 17.6 Å². The zero-order valence-corrected chi connectivity index (χ0v) is 18.6. The number of hydrogen-bond donors (Lipinski definition) is 2. The molecular formula is C21H32ClN7. The summed E-state index contributed by atoms with van der Waals surface area (Å²) in [6, 6.07) is 8.60. The van der Waals surface area contributed by atoms with Gasteiger partial charge in [0.2, 0.25) is 0 Å². The first-order chi connectivity index (χ1) is 14.0. The van der Waals surface area contributed by atoms with E-state index < -0.39 is 0 Å². The molecule has 2 atom stereocenters. The predicted octanol–water partition coefficient (Wildman–Crippen LogP) is 2.92. The lowest BCUT2D eigenvalue weighted by Gasteiger charge is -2.40. The van der Waals surface area contributed by atoms with Crippen molar-refractivity contribution in [3.8, 4) is 0 Å². The van der Waals surface area contributed by atoms with Gasteiger partial charge in [-0.3, -0.25) is 4.90 Å². The molecule has 2 heterocycles. The van der Waals surface area contributed by atoms with Crippen LogP contribution in [0.4, 0.5) is 0 Å². The third-order valence-electron chi connectivity index (χ3n) is 5.63. The minimum atomic E-state index is 0.346. The second-order valence-electron chi connectivity index (χ2n) is 7.68. The van der Waals surface area contributed by atoms with E-state index in [4.69, 9.17) is 16.6 Å². The molecular weight excluding hydrogens is 386 g/mol. The van der Waals surface area contributed by atoms with Crippen molar-refractivity contribution in [2.45, 2.75) is 39.3 Å². The Kier molecular flexibility index (Phi) is 7.50. The zero-order valence-electron chi connectivity index (χ0n) is 17.8. The zero-order chi connectivity index (χ0) is 20.8. The Balaban J connectivity index is 1.69. The maximum Gasteiger partial charge on any atom is 0.191 e. The van der Waals surface area contributed by atoms with Crippen molar-refractivity contribution in [1.29, 1.82) is 0 Å². The molecule has 29 heavy (non-hydrogen) atoms.